The van der Waals surface area contributed by atoms with Gasteiger partial charge in [-0.3, -0.25) is 0 Å². The van der Waals surface area contributed by atoms with Gasteiger partial charge in [0.2, 0.25) is 5.28 Å². The maximum absolute atomic E-state index is 12.6. The van der Waals surface area contributed by atoms with Crippen LogP contribution in [0, 0.1) is 0 Å². The molecule has 1 saturated heterocycles. The molecule has 1 aliphatic heterocycles. The molecule has 1 fully saturated rings. The highest BCUT2D eigenvalue weighted by atomic mass is 35.5. The minimum atomic E-state index is -4.54. The lowest BCUT2D eigenvalue weighted by Crippen LogP contribution is -2.41. The largest absolute Gasteiger partial charge is 0.433 e. The van der Waals surface area contributed by atoms with Crippen molar-refractivity contribution in [3.63, 3.8) is 0 Å². The van der Waals surface area contributed by atoms with Crippen LogP contribution in [-0.4, -0.2) is 28.7 Å². The van der Waals surface area contributed by atoms with Gasteiger partial charge in [-0.05, 0) is 31.4 Å². The molecular formula is C11H13ClF3N3O. The molecule has 1 aliphatic rings. The van der Waals surface area contributed by atoms with Crippen molar-refractivity contribution in [1.29, 1.82) is 0 Å². The monoisotopic (exact) mass is 295 g/mol. The fourth-order valence-corrected chi connectivity index (χ4v) is 2.07. The Morgan fingerprint density at radius 3 is 2.53 bits per heavy atom. The second-order valence-electron chi connectivity index (χ2n) is 4.70. The average Bonchev–Trinajstić information content (AvgIpc) is 2.27. The summed E-state index contributed by atoms with van der Waals surface area (Å²) in [7, 11) is 0. The second-order valence-corrected chi connectivity index (χ2v) is 5.04. The van der Waals surface area contributed by atoms with E-state index in [4.69, 9.17) is 16.3 Å². The van der Waals surface area contributed by atoms with E-state index in [1.54, 1.807) is 0 Å². The number of nitrogens with zero attached hydrogens (tertiary/aromatic N) is 2. The molecule has 1 aromatic heterocycles. The van der Waals surface area contributed by atoms with Gasteiger partial charge < -0.3 is 10.1 Å². The summed E-state index contributed by atoms with van der Waals surface area (Å²) >= 11 is 5.53. The van der Waals surface area contributed by atoms with Crippen LogP contribution in [0.25, 0.3) is 0 Å². The zero-order chi connectivity index (χ0) is 14.1. The van der Waals surface area contributed by atoms with E-state index in [0.29, 0.717) is 26.1 Å². The van der Waals surface area contributed by atoms with Crippen molar-refractivity contribution in [3.05, 3.63) is 17.0 Å². The Morgan fingerprint density at radius 1 is 1.32 bits per heavy atom. The van der Waals surface area contributed by atoms with E-state index in [1.165, 1.54) is 0 Å². The lowest BCUT2D eigenvalue weighted by Gasteiger charge is -2.35. The van der Waals surface area contributed by atoms with E-state index < -0.39 is 17.2 Å². The molecule has 0 radical (unpaired) electrons. The SMILES string of the molecule is CC1(Nc2cc(C(F)(F)F)nc(Cl)n2)CCOCC1. The van der Waals surface area contributed by atoms with Gasteiger partial charge in [-0.25, -0.2) is 9.97 Å². The number of ether oxygens (including phenoxy) is 1. The van der Waals surface area contributed by atoms with Crippen LogP contribution in [0.15, 0.2) is 6.07 Å². The quantitative estimate of drug-likeness (QED) is 0.852. The van der Waals surface area contributed by atoms with E-state index in [9.17, 15) is 13.2 Å². The number of anilines is 1. The summed E-state index contributed by atoms with van der Waals surface area (Å²) < 4.78 is 43.1. The van der Waals surface area contributed by atoms with E-state index in [0.717, 1.165) is 6.07 Å². The van der Waals surface area contributed by atoms with Crippen LogP contribution in [0.4, 0.5) is 19.0 Å². The fourth-order valence-electron chi connectivity index (χ4n) is 1.88. The third kappa shape index (κ3) is 3.70. The van der Waals surface area contributed by atoms with Gasteiger partial charge in [0.1, 0.15) is 5.82 Å². The van der Waals surface area contributed by atoms with E-state index in [2.05, 4.69) is 15.3 Å². The van der Waals surface area contributed by atoms with E-state index in [-0.39, 0.29) is 11.4 Å². The van der Waals surface area contributed by atoms with Crippen molar-refractivity contribution in [3.8, 4) is 0 Å². The molecule has 1 N–H and O–H groups in total. The first kappa shape index (κ1) is 14.3. The molecule has 4 nitrogen and oxygen atoms in total. The summed E-state index contributed by atoms with van der Waals surface area (Å²) in [6.45, 7) is 3.04. The summed E-state index contributed by atoms with van der Waals surface area (Å²) in [6.07, 6.45) is -3.16. The van der Waals surface area contributed by atoms with Gasteiger partial charge in [-0.15, -0.1) is 0 Å². The van der Waals surface area contributed by atoms with Crippen molar-refractivity contribution in [2.75, 3.05) is 18.5 Å². The second kappa shape index (κ2) is 5.13. The number of hydrogen-bond donors (Lipinski definition) is 1. The van der Waals surface area contributed by atoms with Crippen molar-refractivity contribution >= 4 is 17.4 Å². The lowest BCUT2D eigenvalue weighted by molar-refractivity contribution is -0.141. The molecule has 0 bridgehead atoms. The van der Waals surface area contributed by atoms with Gasteiger partial charge in [0, 0.05) is 24.8 Å². The van der Waals surface area contributed by atoms with Crippen LogP contribution in [0.2, 0.25) is 5.28 Å². The Hall–Kier alpha value is -1.08. The number of alkyl halides is 3. The molecule has 0 aromatic carbocycles. The Labute approximate surface area is 113 Å². The number of hydrogen-bond acceptors (Lipinski definition) is 4. The first-order valence-corrected chi connectivity index (χ1v) is 6.14. The van der Waals surface area contributed by atoms with Crippen molar-refractivity contribution in [2.24, 2.45) is 0 Å². The summed E-state index contributed by atoms with van der Waals surface area (Å²) in [4.78, 5) is 6.97. The van der Waals surface area contributed by atoms with Gasteiger partial charge >= 0.3 is 6.18 Å². The Kier molecular flexibility index (Phi) is 3.87. The van der Waals surface area contributed by atoms with Gasteiger partial charge in [0.25, 0.3) is 0 Å². The van der Waals surface area contributed by atoms with Crippen LogP contribution < -0.4 is 5.32 Å². The van der Waals surface area contributed by atoms with Gasteiger partial charge in [0.05, 0.1) is 0 Å². The molecule has 0 unspecified atom stereocenters. The average molecular weight is 296 g/mol. The number of nitrogens with one attached hydrogen (secondary N) is 1. The highest BCUT2D eigenvalue weighted by Crippen LogP contribution is 2.31. The zero-order valence-corrected chi connectivity index (χ0v) is 11.0. The molecule has 2 rings (SSSR count). The van der Waals surface area contributed by atoms with Crippen LogP contribution in [0.3, 0.4) is 0 Å². The lowest BCUT2D eigenvalue weighted by atomic mass is 9.92. The Balaban J connectivity index is 2.22. The number of halogens is 4. The van der Waals surface area contributed by atoms with E-state index in [1.807, 2.05) is 6.92 Å². The summed E-state index contributed by atoms with van der Waals surface area (Å²) in [5.41, 5.74) is -1.40. The highest BCUT2D eigenvalue weighted by Gasteiger charge is 2.34. The maximum atomic E-state index is 12.6. The molecule has 8 heteroatoms. The van der Waals surface area contributed by atoms with E-state index >= 15 is 0 Å². The molecule has 0 aliphatic carbocycles. The molecule has 0 saturated carbocycles. The molecule has 2 heterocycles. The van der Waals surface area contributed by atoms with Crippen LogP contribution in [0.1, 0.15) is 25.5 Å². The minimum absolute atomic E-state index is 0.0803. The first-order chi connectivity index (χ1) is 8.78. The molecule has 0 spiro atoms. The molecule has 1 aromatic rings. The topological polar surface area (TPSA) is 47.0 Å². The van der Waals surface area contributed by atoms with Crippen LogP contribution in [-0.2, 0) is 10.9 Å². The van der Waals surface area contributed by atoms with Gasteiger partial charge in [-0.1, -0.05) is 0 Å². The maximum Gasteiger partial charge on any atom is 0.433 e. The molecule has 19 heavy (non-hydrogen) atoms. The summed E-state index contributed by atoms with van der Waals surface area (Å²) in [6, 6.07) is 0.868. The van der Waals surface area contributed by atoms with Crippen molar-refractivity contribution in [2.45, 2.75) is 31.5 Å². The summed E-state index contributed by atoms with van der Waals surface area (Å²) in [5, 5.41) is 2.57. The first-order valence-electron chi connectivity index (χ1n) is 5.76. The predicted molar refractivity (Wildman–Crippen MR) is 64.1 cm³/mol. The smallest absolute Gasteiger partial charge is 0.381 e. The standard InChI is InChI=1S/C11H13ClF3N3O/c1-10(2-4-19-5-3-10)18-8-6-7(11(13,14)15)16-9(12)17-8/h6H,2-5H2,1H3,(H,16,17,18). The number of rotatable bonds is 2. The normalized spacial score (nSPS) is 19.2. The van der Waals surface area contributed by atoms with Crippen LogP contribution >= 0.6 is 11.6 Å². The minimum Gasteiger partial charge on any atom is -0.381 e. The Morgan fingerprint density at radius 2 is 1.95 bits per heavy atom. The van der Waals surface area contributed by atoms with Gasteiger partial charge in [-0.2, -0.15) is 13.2 Å². The summed E-state index contributed by atoms with van der Waals surface area (Å²) in [5.74, 6) is 0.0803. The molecule has 106 valence electrons. The number of aromatic nitrogens is 2. The third-order valence-electron chi connectivity index (χ3n) is 3.02. The van der Waals surface area contributed by atoms with Crippen molar-refractivity contribution in [1.82, 2.24) is 9.97 Å². The van der Waals surface area contributed by atoms with Crippen molar-refractivity contribution < 1.29 is 17.9 Å². The molecular weight excluding hydrogens is 283 g/mol. The molecule has 0 amide bonds. The zero-order valence-electron chi connectivity index (χ0n) is 10.2. The fraction of sp³-hybridized carbons (Fsp3) is 0.636. The Bertz CT molecular complexity index is 461. The third-order valence-corrected chi connectivity index (χ3v) is 3.18. The van der Waals surface area contributed by atoms with Gasteiger partial charge in [0.15, 0.2) is 5.69 Å². The predicted octanol–water partition coefficient (Wildman–Crippen LogP) is 3.13. The highest BCUT2D eigenvalue weighted by molar-refractivity contribution is 6.28. The van der Waals surface area contributed by atoms with Crippen LogP contribution in [0.5, 0.6) is 0 Å². The molecule has 0 atom stereocenters.